The Morgan fingerprint density at radius 3 is 2.69 bits per heavy atom. The van der Waals surface area contributed by atoms with E-state index in [0.29, 0.717) is 5.71 Å². The number of anilines is 1. The fourth-order valence-electron chi connectivity index (χ4n) is 1.32. The zero-order valence-electron chi connectivity index (χ0n) is 8.44. The monoisotopic (exact) mass is 176 g/mol. The molecule has 70 valence electrons. The maximum Gasteiger partial charge on any atom is 0.0429 e. The maximum atomic E-state index is 7.78. The number of aryl methyl sites for hydroxylation is 1. The van der Waals surface area contributed by atoms with E-state index < -0.39 is 0 Å². The molecule has 2 heteroatoms. The molecule has 0 radical (unpaired) electrons. The Morgan fingerprint density at radius 1 is 1.46 bits per heavy atom. The van der Waals surface area contributed by atoms with Gasteiger partial charge in [-0.15, -0.1) is 0 Å². The average molecular weight is 176 g/mol. The van der Waals surface area contributed by atoms with Crippen molar-refractivity contribution in [3.05, 3.63) is 29.3 Å². The molecule has 0 bridgehead atoms. The van der Waals surface area contributed by atoms with Crippen molar-refractivity contribution in [3.8, 4) is 0 Å². The smallest absolute Gasteiger partial charge is 0.0429 e. The lowest BCUT2D eigenvalue weighted by Crippen LogP contribution is -2.02. The van der Waals surface area contributed by atoms with E-state index in [4.69, 9.17) is 5.41 Å². The Kier molecular flexibility index (Phi) is 3.07. The molecule has 0 aliphatic carbocycles. The van der Waals surface area contributed by atoms with Crippen LogP contribution >= 0.6 is 0 Å². The second kappa shape index (κ2) is 4.08. The zero-order valence-corrected chi connectivity index (χ0v) is 8.44. The molecule has 0 unspecified atom stereocenters. The molecule has 13 heavy (non-hydrogen) atoms. The molecule has 0 aliphatic heterocycles. The first kappa shape index (κ1) is 9.78. The van der Waals surface area contributed by atoms with Crippen molar-refractivity contribution in [1.82, 2.24) is 0 Å². The molecule has 0 aliphatic rings. The normalized spacial score (nSPS) is 9.77. The molecular weight excluding hydrogens is 160 g/mol. The van der Waals surface area contributed by atoms with E-state index in [0.717, 1.165) is 17.7 Å². The van der Waals surface area contributed by atoms with Crippen LogP contribution in [0.3, 0.4) is 0 Å². The van der Waals surface area contributed by atoms with Crippen LogP contribution in [0.4, 0.5) is 5.69 Å². The standard InChI is InChI=1S/C11H16N2/c1-4-10(12)9-7-8(2)5-6-11(9)13-3/h5-7,12-13H,4H2,1-3H3. The summed E-state index contributed by atoms with van der Waals surface area (Å²) in [5, 5.41) is 10.9. The summed E-state index contributed by atoms with van der Waals surface area (Å²) < 4.78 is 0. The summed E-state index contributed by atoms with van der Waals surface area (Å²) in [7, 11) is 1.89. The third-order valence-electron chi connectivity index (χ3n) is 2.12. The van der Waals surface area contributed by atoms with Crippen LogP contribution < -0.4 is 5.32 Å². The van der Waals surface area contributed by atoms with Gasteiger partial charge >= 0.3 is 0 Å². The van der Waals surface area contributed by atoms with Crippen LogP contribution in [0.15, 0.2) is 18.2 Å². The van der Waals surface area contributed by atoms with E-state index in [1.54, 1.807) is 0 Å². The van der Waals surface area contributed by atoms with E-state index in [9.17, 15) is 0 Å². The first-order chi connectivity index (χ1) is 6.19. The van der Waals surface area contributed by atoms with Crippen LogP contribution in [0.2, 0.25) is 0 Å². The van der Waals surface area contributed by atoms with Gasteiger partial charge in [0.1, 0.15) is 0 Å². The number of hydrogen-bond donors (Lipinski definition) is 2. The SMILES string of the molecule is CCC(=N)c1cc(C)ccc1NC. The number of nitrogens with one attached hydrogen (secondary N) is 2. The lowest BCUT2D eigenvalue weighted by molar-refractivity contribution is 1.23. The van der Waals surface area contributed by atoms with Gasteiger partial charge in [0.25, 0.3) is 0 Å². The van der Waals surface area contributed by atoms with Crippen LogP contribution in [0.1, 0.15) is 24.5 Å². The second-order valence-corrected chi connectivity index (χ2v) is 3.13. The van der Waals surface area contributed by atoms with Crippen LogP contribution in [-0.4, -0.2) is 12.8 Å². The molecular formula is C11H16N2. The molecule has 0 atom stereocenters. The van der Waals surface area contributed by atoms with E-state index in [1.165, 1.54) is 5.56 Å². The van der Waals surface area contributed by atoms with E-state index >= 15 is 0 Å². The van der Waals surface area contributed by atoms with Gasteiger partial charge in [0.15, 0.2) is 0 Å². The second-order valence-electron chi connectivity index (χ2n) is 3.13. The van der Waals surface area contributed by atoms with Crippen molar-refractivity contribution < 1.29 is 0 Å². The van der Waals surface area contributed by atoms with Gasteiger partial charge in [-0.05, 0) is 25.5 Å². The first-order valence-corrected chi connectivity index (χ1v) is 4.55. The molecule has 0 aromatic heterocycles. The third-order valence-corrected chi connectivity index (χ3v) is 2.12. The number of rotatable bonds is 3. The Morgan fingerprint density at radius 2 is 2.15 bits per heavy atom. The van der Waals surface area contributed by atoms with Gasteiger partial charge in [0, 0.05) is 24.0 Å². The highest BCUT2D eigenvalue weighted by atomic mass is 14.8. The van der Waals surface area contributed by atoms with E-state index in [1.807, 2.05) is 27.0 Å². The Hall–Kier alpha value is -1.31. The van der Waals surface area contributed by atoms with Gasteiger partial charge in [0.2, 0.25) is 0 Å². The van der Waals surface area contributed by atoms with Crippen molar-refractivity contribution in [3.63, 3.8) is 0 Å². The van der Waals surface area contributed by atoms with E-state index in [-0.39, 0.29) is 0 Å². The first-order valence-electron chi connectivity index (χ1n) is 4.55. The fraction of sp³-hybridized carbons (Fsp3) is 0.364. The molecule has 1 aromatic rings. The van der Waals surface area contributed by atoms with Crippen molar-refractivity contribution in [1.29, 1.82) is 5.41 Å². The molecule has 2 N–H and O–H groups in total. The lowest BCUT2D eigenvalue weighted by atomic mass is 10.0. The molecule has 1 rings (SSSR count). The van der Waals surface area contributed by atoms with Crippen molar-refractivity contribution in [2.75, 3.05) is 12.4 Å². The Balaban J connectivity index is 3.15. The van der Waals surface area contributed by atoms with Crippen LogP contribution in [0.25, 0.3) is 0 Å². The molecule has 0 fully saturated rings. The van der Waals surface area contributed by atoms with Crippen molar-refractivity contribution >= 4 is 11.4 Å². The quantitative estimate of drug-likeness (QED) is 0.682. The molecule has 0 heterocycles. The minimum atomic E-state index is 0.688. The number of hydrogen-bond acceptors (Lipinski definition) is 2. The van der Waals surface area contributed by atoms with E-state index in [2.05, 4.69) is 17.4 Å². The Bertz CT molecular complexity index is 316. The van der Waals surface area contributed by atoms with Gasteiger partial charge < -0.3 is 10.7 Å². The molecule has 0 saturated heterocycles. The summed E-state index contributed by atoms with van der Waals surface area (Å²) in [6, 6.07) is 6.13. The summed E-state index contributed by atoms with van der Waals surface area (Å²) in [6.45, 7) is 4.05. The summed E-state index contributed by atoms with van der Waals surface area (Å²) in [5.41, 5.74) is 3.95. The summed E-state index contributed by atoms with van der Waals surface area (Å²) >= 11 is 0. The van der Waals surface area contributed by atoms with Crippen LogP contribution in [-0.2, 0) is 0 Å². The summed E-state index contributed by atoms with van der Waals surface area (Å²) in [6.07, 6.45) is 0.776. The molecule has 0 spiro atoms. The third kappa shape index (κ3) is 2.08. The minimum absolute atomic E-state index is 0.688. The zero-order chi connectivity index (χ0) is 9.84. The van der Waals surface area contributed by atoms with Crippen molar-refractivity contribution in [2.45, 2.75) is 20.3 Å². The summed E-state index contributed by atoms with van der Waals surface area (Å²) in [4.78, 5) is 0. The van der Waals surface area contributed by atoms with Gasteiger partial charge in [0.05, 0.1) is 0 Å². The fourth-order valence-corrected chi connectivity index (χ4v) is 1.32. The van der Waals surface area contributed by atoms with Gasteiger partial charge in [-0.3, -0.25) is 0 Å². The largest absolute Gasteiger partial charge is 0.388 e. The molecule has 1 aromatic carbocycles. The highest BCUT2D eigenvalue weighted by Crippen LogP contribution is 2.18. The highest BCUT2D eigenvalue weighted by Gasteiger charge is 2.04. The minimum Gasteiger partial charge on any atom is -0.388 e. The lowest BCUT2D eigenvalue weighted by Gasteiger charge is -2.09. The molecule has 0 amide bonds. The summed E-state index contributed by atoms with van der Waals surface area (Å²) in [5.74, 6) is 0. The molecule has 2 nitrogen and oxygen atoms in total. The van der Waals surface area contributed by atoms with Crippen LogP contribution in [0, 0.1) is 12.3 Å². The van der Waals surface area contributed by atoms with Gasteiger partial charge in [-0.1, -0.05) is 18.6 Å². The van der Waals surface area contributed by atoms with Gasteiger partial charge in [-0.2, -0.15) is 0 Å². The van der Waals surface area contributed by atoms with Crippen LogP contribution in [0.5, 0.6) is 0 Å². The predicted molar refractivity (Wildman–Crippen MR) is 57.8 cm³/mol. The Labute approximate surface area is 79.5 Å². The molecule has 0 saturated carbocycles. The average Bonchev–Trinajstić information content (AvgIpc) is 2.16. The predicted octanol–water partition coefficient (Wildman–Crippen LogP) is 2.81. The maximum absolute atomic E-state index is 7.78. The highest BCUT2D eigenvalue weighted by molar-refractivity contribution is 6.02. The van der Waals surface area contributed by atoms with Gasteiger partial charge in [-0.25, -0.2) is 0 Å². The van der Waals surface area contributed by atoms with Crippen molar-refractivity contribution in [2.24, 2.45) is 0 Å². The topological polar surface area (TPSA) is 35.9 Å². The number of benzene rings is 1.